The van der Waals surface area contributed by atoms with Gasteiger partial charge < -0.3 is 15.7 Å². The van der Waals surface area contributed by atoms with Crippen molar-refractivity contribution in [3.63, 3.8) is 0 Å². The predicted molar refractivity (Wildman–Crippen MR) is 97.9 cm³/mol. The first kappa shape index (κ1) is 18.7. The van der Waals surface area contributed by atoms with E-state index in [0.29, 0.717) is 12.6 Å². The second-order valence-electron chi connectivity index (χ2n) is 6.52. The van der Waals surface area contributed by atoms with Crippen LogP contribution < -0.4 is 10.6 Å². The molecule has 1 aliphatic heterocycles. The molecule has 0 aromatic carbocycles. The second-order valence-corrected chi connectivity index (χ2v) is 6.52. The molecule has 0 saturated carbocycles. The van der Waals surface area contributed by atoms with Crippen LogP contribution in [-0.2, 0) is 6.54 Å². The summed E-state index contributed by atoms with van der Waals surface area (Å²) in [5, 5.41) is 16.0. The van der Waals surface area contributed by atoms with Gasteiger partial charge in [0, 0.05) is 51.6 Å². The van der Waals surface area contributed by atoms with E-state index in [0.717, 1.165) is 50.7 Å². The fourth-order valence-electron chi connectivity index (χ4n) is 2.77. The summed E-state index contributed by atoms with van der Waals surface area (Å²) < 4.78 is 0. The van der Waals surface area contributed by atoms with Gasteiger partial charge in [-0.2, -0.15) is 0 Å². The SMILES string of the molecule is CCNC(=NCC(C)CO)NC1CCN(Cc2ccccn2)CC1. The van der Waals surface area contributed by atoms with E-state index in [1.165, 1.54) is 0 Å². The number of aliphatic hydroxyl groups is 1. The van der Waals surface area contributed by atoms with Gasteiger partial charge in [0.15, 0.2) is 5.96 Å². The molecule has 1 aliphatic rings. The first-order valence-corrected chi connectivity index (χ1v) is 8.99. The fourth-order valence-corrected chi connectivity index (χ4v) is 2.77. The smallest absolute Gasteiger partial charge is 0.191 e. The maximum atomic E-state index is 9.13. The Hall–Kier alpha value is -1.66. The number of hydrogen-bond acceptors (Lipinski definition) is 4. The highest BCUT2D eigenvalue weighted by Gasteiger charge is 2.20. The Labute approximate surface area is 145 Å². The molecule has 3 N–H and O–H groups in total. The number of rotatable bonds is 7. The van der Waals surface area contributed by atoms with Crippen LogP contribution in [0.15, 0.2) is 29.4 Å². The van der Waals surface area contributed by atoms with Crippen LogP contribution in [0, 0.1) is 5.92 Å². The monoisotopic (exact) mass is 333 g/mol. The first-order chi connectivity index (χ1) is 11.7. The van der Waals surface area contributed by atoms with Crippen molar-refractivity contribution < 1.29 is 5.11 Å². The minimum absolute atomic E-state index is 0.175. The fraction of sp³-hybridized carbons (Fsp3) is 0.667. The van der Waals surface area contributed by atoms with Crippen molar-refractivity contribution in [2.75, 3.05) is 32.8 Å². The van der Waals surface area contributed by atoms with Crippen molar-refractivity contribution in [2.45, 2.75) is 39.3 Å². The Morgan fingerprint density at radius 3 is 2.83 bits per heavy atom. The minimum atomic E-state index is 0.175. The summed E-state index contributed by atoms with van der Waals surface area (Å²) in [5.74, 6) is 1.06. The van der Waals surface area contributed by atoms with Crippen LogP contribution in [0.4, 0.5) is 0 Å². The zero-order valence-electron chi connectivity index (χ0n) is 14.9. The van der Waals surface area contributed by atoms with Crippen LogP contribution in [0.25, 0.3) is 0 Å². The van der Waals surface area contributed by atoms with Crippen molar-refractivity contribution in [1.29, 1.82) is 0 Å². The maximum absolute atomic E-state index is 9.13. The largest absolute Gasteiger partial charge is 0.396 e. The van der Waals surface area contributed by atoms with E-state index in [1.54, 1.807) is 0 Å². The zero-order chi connectivity index (χ0) is 17.2. The standard InChI is InChI=1S/C18H31N5O/c1-3-19-18(21-12-15(2)14-24)22-16-7-10-23(11-8-16)13-17-6-4-5-9-20-17/h4-6,9,15-16,24H,3,7-8,10-14H2,1-2H3,(H2,19,21,22). The first-order valence-electron chi connectivity index (χ1n) is 8.99. The third-order valence-corrected chi connectivity index (χ3v) is 4.26. The Kier molecular flexibility index (Phi) is 7.98. The van der Waals surface area contributed by atoms with Crippen molar-refractivity contribution in [1.82, 2.24) is 20.5 Å². The molecule has 24 heavy (non-hydrogen) atoms. The van der Waals surface area contributed by atoms with Crippen LogP contribution in [0.5, 0.6) is 0 Å². The van der Waals surface area contributed by atoms with Crippen LogP contribution in [-0.4, -0.2) is 59.8 Å². The highest BCUT2D eigenvalue weighted by molar-refractivity contribution is 5.80. The molecule has 6 nitrogen and oxygen atoms in total. The lowest BCUT2D eigenvalue weighted by Gasteiger charge is -2.32. The lowest BCUT2D eigenvalue weighted by Crippen LogP contribution is -2.48. The number of nitrogens with zero attached hydrogens (tertiary/aromatic N) is 3. The molecule has 1 atom stereocenters. The molecule has 1 aromatic heterocycles. The van der Waals surface area contributed by atoms with Gasteiger partial charge in [0.2, 0.25) is 0 Å². The highest BCUT2D eigenvalue weighted by atomic mass is 16.3. The van der Waals surface area contributed by atoms with E-state index >= 15 is 0 Å². The van der Waals surface area contributed by atoms with E-state index < -0.39 is 0 Å². The van der Waals surface area contributed by atoms with Gasteiger partial charge in [-0.05, 0) is 37.8 Å². The lowest BCUT2D eigenvalue weighted by atomic mass is 10.0. The molecule has 1 unspecified atom stereocenters. The number of hydrogen-bond donors (Lipinski definition) is 3. The summed E-state index contributed by atoms with van der Waals surface area (Å²) in [6.07, 6.45) is 4.07. The number of guanidine groups is 1. The van der Waals surface area contributed by atoms with E-state index in [-0.39, 0.29) is 12.5 Å². The van der Waals surface area contributed by atoms with Crippen molar-refractivity contribution in [3.05, 3.63) is 30.1 Å². The number of likely N-dealkylation sites (tertiary alicyclic amines) is 1. The number of pyridine rings is 1. The molecular formula is C18H31N5O. The van der Waals surface area contributed by atoms with Crippen LogP contribution in [0.3, 0.4) is 0 Å². The normalized spacial score (nSPS) is 18.4. The number of aromatic nitrogens is 1. The Morgan fingerprint density at radius 2 is 2.21 bits per heavy atom. The van der Waals surface area contributed by atoms with Gasteiger partial charge in [0.05, 0.1) is 5.69 Å². The van der Waals surface area contributed by atoms with Gasteiger partial charge in [-0.15, -0.1) is 0 Å². The average Bonchev–Trinajstić information content (AvgIpc) is 2.62. The molecule has 2 heterocycles. The summed E-state index contributed by atoms with van der Waals surface area (Å²) in [7, 11) is 0. The van der Waals surface area contributed by atoms with Gasteiger partial charge in [-0.1, -0.05) is 13.0 Å². The van der Waals surface area contributed by atoms with Gasteiger partial charge in [0.1, 0.15) is 0 Å². The molecule has 6 heteroatoms. The number of nitrogens with one attached hydrogen (secondary N) is 2. The highest BCUT2D eigenvalue weighted by Crippen LogP contribution is 2.12. The van der Waals surface area contributed by atoms with Crippen molar-refractivity contribution in [2.24, 2.45) is 10.9 Å². The summed E-state index contributed by atoms with van der Waals surface area (Å²) >= 11 is 0. The molecule has 1 aromatic rings. The second kappa shape index (κ2) is 10.3. The van der Waals surface area contributed by atoms with Crippen LogP contribution in [0.1, 0.15) is 32.4 Å². The van der Waals surface area contributed by atoms with Crippen LogP contribution >= 0.6 is 0 Å². The lowest BCUT2D eigenvalue weighted by molar-refractivity contribution is 0.196. The molecule has 0 bridgehead atoms. The van der Waals surface area contributed by atoms with Crippen molar-refractivity contribution in [3.8, 4) is 0 Å². The third kappa shape index (κ3) is 6.45. The topological polar surface area (TPSA) is 72.8 Å². The molecule has 134 valence electrons. The minimum Gasteiger partial charge on any atom is -0.396 e. The summed E-state index contributed by atoms with van der Waals surface area (Å²) in [6.45, 7) is 8.81. The van der Waals surface area contributed by atoms with E-state index in [4.69, 9.17) is 5.11 Å². The number of piperidine rings is 1. The number of aliphatic imine (C=N–C) groups is 1. The molecule has 0 aliphatic carbocycles. The maximum Gasteiger partial charge on any atom is 0.191 e. The van der Waals surface area contributed by atoms with Gasteiger partial charge in [-0.25, -0.2) is 0 Å². The van der Waals surface area contributed by atoms with Gasteiger partial charge >= 0.3 is 0 Å². The molecule has 2 rings (SSSR count). The molecular weight excluding hydrogens is 302 g/mol. The molecule has 0 amide bonds. The molecule has 1 saturated heterocycles. The zero-order valence-corrected chi connectivity index (χ0v) is 14.9. The third-order valence-electron chi connectivity index (χ3n) is 4.26. The molecule has 0 spiro atoms. The summed E-state index contributed by atoms with van der Waals surface area (Å²) in [4.78, 5) is 11.4. The average molecular weight is 333 g/mol. The Morgan fingerprint density at radius 1 is 1.42 bits per heavy atom. The van der Waals surface area contributed by atoms with Crippen LogP contribution in [0.2, 0.25) is 0 Å². The van der Waals surface area contributed by atoms with Gasteiger partial charge in [0.25, 0.3) is 0 Å². The van der Waals surface area contributed by atoms with E-state index in [2.05, 4.69) is 38.5 Å². The summed E-state index contributed by atoms with van der Waals surface area (Å²) in [5.41, 5.74) is 1.14. The van der Waals surface area contributed by atoms with E-state index in [1.807, 2.05) is 25.3 Å². The molecule has 0 radical (unpaired) electrons. The quantitative estimate of drug-likeness (QED) is 0.517. The number of aliphatic hydroxyl groups excluding tert-OH is 1. The van der Waals surface area contributed by atoms with E-state index in [9.17, 15) is 0 Å². The van der Waals surface area contributed by atoms with Gasteiger partial charge in [-0.3, -0.25) is 14.9 Å². The Balaban J connectivity index is 1.77. The predicted octanol–water partition coefficient (Wildman–Crippen LogP) is 1.23. The molecule has 1 fully saturated rings. The Bertz CT molecular complexity index is 485. The summed E-state index contributed by atoms with van der Waals surface area (Å²) in [6, 6.07) is 6.54. The van der Waals surface area contributed by atoms with Crippen molar-refractivity contribution >= 4 is 5.96 Å².